The van der Waals surface area contributed by atoms with Crippen molar-refractivity contribution < 1.29 is 4.74 Å². The topological polar surface area (TPSA) is 55.0 Å². The van der Waals surface area contributed by atoms with Crippen molar-refractivity contribution >= 4 is 0 Å². The summed E-state index contributed by atoms with van der Waals surface area (Å²) in [6.07, 6.45) is 5.31. The average molecular weight is 282 g/mol. The van der Waals surface area contributed by atoms with Crippen LogP contribution in [0.25, 0.3) is 0 Å². The second kappa shape index (κ2) is 5.02. The standard InChI is InChI=1S/C17H18N2O2/c20-17-13-9-12-7-3-4-8-15(12)21-10-14(13)18-16(19-17)11-5-1-2-6-11/h3-4,7-8,11H,1-2,5-6,9-10H2,(H,18,19,20). The van der Waals surface area contributed by atoms with E-state index in [0.717, 1.165) is 41.2 Å². The van der Waals surface area contributed by atoms with Crippen molar-refractivity contribution in [3.63, 3.8) is 0 Å². The van der Waals surface area contributed by atoms with Crippen LogP contribution in [0.3, 0.4) is 0 Å². The number of rotatable bonds is 1. The van der Waals surface area contributed by atoms with Crippen LogP contribution in [0.1, 0.15) is 54.2 Å². The zero-order chi connectivity index (χ0) is 14.2. The average Bonchev–Trinajstić information content (AvgIpc) is 2.96. The quantitative estimate of drug-likeness (QED) is 0.875. The van der Waals surface area contributed by atoms with Crippen LogP contribution in [-0.2, 0) is 13.0 Å². The number of ether oxygens (including phenoxy) is 1. The second-order valence-corrected chi connectivity index (χ2v) is 5.93. The minimum atomic E-state index is 0.00204. The van der Waals surface area contributed by atoms with Crippen LogP contribution in [0, 0.1) is 0 Å². The molecule has 1 aromatic carbocycles. The zero-order valence-electron chi connectivity index (χ0n) is 11.9. The van der Waals surface area contributed by atoms with Gasteiger partial charge in [-0.25, -0.2) is 4.98 Å². The smallest absolute Gasteiger partial charge is 0.254 e. The highest BCUT2D eigenvalue weighted by molar-refractivity contribution is 5.40. The van der Waals surface area contributed by atoms with Gasteiger partial charge in [0.05, 0.1) is 5.69 Å². The highest BCUT2D eigenvalue weighted by Gasteiger charge is 2.23. The molecular weight excluding hydrogens is 264 g/mol. The maximum Gasteiger partial charge on any atom is 0.254 e. The van der Waals surface area contributed by atoms with Gasteiger partial charge in [0.2, 0.25) is 0 Å². The van der Waals surface area contributed by atoms with Gasteiger partial charge in [-0.05, 0) is 24.5 Å². The van der Waals surface area contributed by atoms with Gasteiger partial charge >= 0.3 is 0 Å². The van der Waals surface area contributed by atoms with Crippen molar-refractivity contribution in [1.82, 2.24) is 9.97 Å². The van der Waals surface area contributed by atoms with Crippen LogP contribution < -0.4 is 10.3 Å². The van der Waals surface area contributed by atoms with Crippen molar-refractivity contribution in [2.75, 3.05) is 0 Å². The van der Waals surface area contributed by atoms with E-state index in [2.05, 4.69) is 4.98 Å². The number of fused-ring (bicyclic) bond motifs is 2. The van der Waals surface area contributed by atoms with Gasteiger partial charge in [-0.15, -0.1) is 0 Å². The number of nitrogens with zero attached hydrogens (tertiary/aromatic N) is 1. The Morgan fingerprint density at radius 1 is 1.19 bits per heavy atom. The van der Waals surface area contributed by atoms with Gasteiger partial charge < -0.3 is 9.72 Å². The van der Waals surface area contributed by atoms with Crippen LogP contribution in [0.5, 0.6) is 5.75 Å². The van der Waals surface area contributed by atoms with E-state index in [1.807, 2.05) is 24.3 Å². The predicted octanol–water partition coefficient (Wildman–Crippen LogP) is 2.91. The Bertz CT molecular complexity index is 730. The molecule has 108 valence electrons. The van der Waals surface area contributed by atoms with Gasteiger partial charge in [-0.1, -0.05) is 31.0 Å². The van der Waals surface area contributed by atoms with E-state index >= 15 is 0 Å². The molecule has 0 bridgehead atoms. The van der Waals surface area contributed by atoms with E-state index in [1.165, 1.54) is 12.8 Å². The summed E-state index contributed by atoms with van der Waals surface area (Å²) in [6, 6.07) is 7.89. The molecule has 2 aliphatic rings. The lowest BCUT2D eigenvalue weighted by atomic mass is 10.0. The Balaban J connectivity index is 1.76. The van der Waals surface area contributed by atoms with E-state index in [1.54, 1.807) is 0 Å². The number of H-pyrrole nitrogens is 1. The number of benzene rings is 1. The summed E-state index contributed by atoms with van der Waals surface area (Å²) in [7, 11) is 0. The summed E-state index contributed by atoms with van der Waals surface area (Å²) in [5.74, 6) is 2.12. The first-order chi connectivity index (χ1) is 10.3. The molecule has 4 heteroatoms. The number of hydrogen-bond donors (Lipinski definition) is 1. The molecule has 21 heavy (non-hydrogen) atoms. The lowest BCUT2D eigenvalue weighted by Crippen LogP contribution is -2.21. The molecule has 1 aliphatic carbocycles. The third-order valence-corrected chi connectivity index (χ3v) is 4.57. The molecular formula is C17H18N2O2. The molecule has 0 saturated heterocycles. The van der Waals surface area contributed by atoms with Gasteiger partial charge in [0.1, 0.15) is 18.2 Å². The third kappa shape index (κ3) is 2.24. The van der Waals surface area contributed by atoms with Crippen molar-refractivity contribution in [1.29, 1.82) is 0 Å². The largest absolute Gasteiger partial charge is 0.487 e. The Hall–Kier alpha value is -2.10. The number of aromatic amines is 1. The molecule has 0 unspecified atom stereocenters. The van der Waals surface area contributed by atoms with E-state index in [9.17, 15) is 4.79 Å². The number of nitrogens with one attached hydrogen (secondary N) is 1. The summed E-state index contributed by atoms with van der Waals surface area (Å²) in [6.45, 7) is 0.385. The molecule has 2 heterocycles. The molecule has 4 rings (SSSR count). The lowest BCUT2D eigenvalue weighted by molar-refractivity contribution is 0.301. The minimum Gasteiger partial charge on any atom is -0.487 e. The van der Waals surface area contributed by atoms with Gasteiger partial charge in [-0.3, -0.25) is 4.79 Å². The van der Waals surface area contributed by atoms with E-state index < -0.39 is 0 Å². The van der Waals surface area contributed by atoms with Crippen LogP contribution >= 0.6 is 0 Å². The summed E-state index contributed by atoms with van der Waals surface area (Å²) in [5, 5.41) is 0. The maximum atomic E-state index is 12.5. The number of hydrogen-bond acceptors (Lipinski definition) is 3. The maximum absolute atomic E-state index is 12.5. The summed E-state index contributed by atoms with van der Waals surface area (Å²) >= 11 is 0. The fourth-order valence-electron chi connectivity index (χ4n) is 3.39. The Kier molecular flexibility index (Phi) is 3.02. The number of aromatic nitrogens is 2. The van der Waals surface area contributed by atoms with Crippen LogP contribution in [0.15, 0.2) is 29.1 Å². The normalized spacial score (nSPS) is 17.7. The van der Waals surface area contributed by atoms with Gasteiger partial charge in [0, 0.05) is 17.9 Å². The third-order valence-electron chi connectivity index (χ3n) is 4.57. The first-order valence-corrected chi connectivity index (χ1v) is 7.64. The van der Waals surface area contributed by atoms with Crippen molar-refractivity contribution in [3.05, 3.63) is 57.3 Å². The monoisotopic (exact) mass is 282 g/mol. The Morgan fingerprint density at radius 2 is 2.00 bits per heavy atom. The zero-order valence-corrected chi connectivity index (χ0v) is 11.9. The highest BCUT2D eigenvalue weighted by Crippen LogP contribution is 2.32. The molecule has 0 spiro atoms. The van der Waals surface area contributed by atoms with Crippen molar-refractivity contribution in [3.8, 4) is 5.75 Å². The first kappa shape index (κ1) is 12.6. The second-order valence-electron chi connectivity index (χ2n) is 5.93. The minimum absolute atomic E-state index is 0.00204. The van der Waals surface area contributed by atoms with Gasteiger partial charge in [0.15, 0.2) is 0 Å². The van der Waals surface area contributed by atoms with Crippen LogP contribution in [0.2, 0.25) is 0 Å². The molecule has 1 fully saturated rings. The molecule has 1 aliphatic heterocycles. The summed E-state index contributed by atoms with van der Waals surface area (Å²) in [5.41, 5.74) is 2.61. The molecule has 0 atom stereocenters. The first-order valence-electron chi connectivity index (χ1n) is 7.64. The fraction of sp³-hybridized carbons (Fsp3) is 0.412. The predicted molar refractivity (Wildman–Crippen MR) is 79.6 cm³/mol. The number of para-hydroxylation sites is 1. The summed E-state index contributed by atoms with van der Waals surface area (Å²) < 4.78 is 5.83. The van der Waals surface area contributed by atoms with E-state index in [0.29, 0.717) is 18.9 Å². The van der Waals surface area contributed by atoms with Crippen LogP contribution in [-0.4, -0.2) is 9.97 Å². The summed E-state index contributed by atoms with van der Waals surface area (Å²) in [4.78, 5) is 20.2. The molecule has 0 radical (unpaired) electrons. The molecule has 1 aromatic heterocycles. The fourth-order valence-corrected chi connectivity index (χ4v) is 3.39. The van der Waals surface area contributed by atoms with Crippen molar-refractivity contribution in [2.24, 2.45) is 0 Å². The van der Waals surface area contributed by atoms with E-state index in [4.69, 9.17) is 9.72 Å². The molecule has 4 nitrogen and oxygen atoms in total. The SMILES string of the molecule is O=c1[nH]c(C2CCCC2)nc2c1Cc1ccccc1OC2. The highest BCUT2D eigenvalue weighted by atomic mass is 16.5. The molecule has 1 N–H and O–H groups in total. The van der Waals surface area contributed by atoms with Gasteiger partial charge in [-0.2, -0.15) is 0 Å². The molecule has 1 saturated carbocycles. The molecule has 2 aromatic rings. The Morgan fingerprint density at radius 3 is 2.86 bits per heavy atom. The van der Waals surface area contributed by atoms with Crippen LogP contribution in [0.4, 0.5) is 0 Å². The lowest BCUT2D eigenvalue weighted by Gasteiger charge is -2.11. The van der Waals surface area contributed by atoms with Crippen molar-refractivity contribution in [2.45, 2.75) is 44.6 Å². The molecule has 0 amide bonds. The Labute approximate surface area is 123 Å². The van der Waals surface area contributed by atoms with E-state index in [-0.39, 0.29) is 5.56 Å². The van der Waals surface area contributed by atoms with Gasteiger partial charge in [0.25, 0.3) is 5.56 Å².